The van der Waals surface area contributed by atoms with Gasteiger partial charge in [0.2, 0.25) is 15.9 Å². The number of aryl methyl sites for hydroxylation is 1. The van der Waals surface area contributed by atoms with Crippen molar-refractivity contribution in [3.05, 3.63) is 65.4 Å². The molecule has 6 rings (SSSR count). The first-order valence-corrected chi connectivity index (χ1v) is 18.4. The second kappa shape index (κ2) is 14.2. The van der Waals surface area contributed by atoms with Crippen molar-refractivity contribution < 1.29 is 22.6 Å². The van der Waals surface area contributed by atoms with Crippen molar-refractivity contribution in [1.82, 2.24) is 24.2 Å². The van der Waals surface area contributed by atoms with Crippen LogP contribution in [0.25, 0.3) is 10.8 Å². The number of sulfonamides is 1. The van der Waals surface area contributed by atoms with Crippen molar-refractivity contribution in [1.29, 1.82) is 0 Å². The van der Waals surface area contributed by atoms with Crippen LogP contribution in [0, 0.1) is 6.92 Å². The van der Waals surface area contributed by atoms with Gasteiger partial charge in [0.1, 0.15) is 17.5 Å². The van der Waals surface area contributed by atoms with Gasteiger partial charge < -0.3 is 14.4 Å². The maximum absolute atomic E-state index is 14.0. The summed E-state index contributed by atoms with van der Waals surface area (Å²) in [7, 11) is -2.30. The smallest absolute Gasteiger partial charge is 0.252 e. The summed E-state index contributed by atoms with van der Waals surface area (Å²) in [6.45, 7) is 3.55. The van der Waals surface area contributed by atoms with E-state index in [1.165, 1.54) is 11.1 Å². The van der Waals surface area contributed by atoms with Gasteiger partial charge in [0, 0.05) is 55.3 Å². The molecule has 3 fully saturated rings. The van der Waals surface area contributed by atoms with Crippen LogP contribution in [0.5, 0.6) is 0 Å². The largest absolute Gasteiger partial charge is 0.616 e. The van der Waals surface area contributed by atoms with E-state index in [2.05, 4.69) is 16.0 Å². The van der Waals surface area contributed by atoms with E-state index in [4.69, 9.17) is 11.6 Å². The second-order valence-corrected chi connectivity index (χ2v) is 15.9. The zero-order chi connectivity index (χ0) is 31.9. The lowest BCUT2D eigenvalue weighted by atomic mass is 10.0. The predicted molar refractivity (Wildman–Crippen MR) is 182 cm³/mol. The lowest BCUT2D eigenvalue weighted by molar-refractivity contribution is -0.174. The number of halogens is 2. The number of hydrogen-bond donors (Lipinski definition) is 0. The monoisotopic (exact) mass is 708 g/mol. The van der Waals surface area contributed by atoms with Crippen molar-refractivity contribution >= 4 is 73.5 Å². The topological polar surface area (TPSA) is 120 Å². The molecule has 2 amide bonds. The Labute approximate surface area is 284 Å². The Morgan fingerprint density at radius 2 is 1.70 bits per heavy atom. The van der Waals surface area contributed by atoms with Gasteiger partial charge in [-0.2, -0.15) is 4.31 Å². The third-order valence-electron chi connectivity index (χ3n) is 9.00. The molecule has 46 heavy (non-hydrogen) atoms. The SMILES string of the molecule is Cc1cc(N2CCC(N(C)N3C(=O)CN(S(=O)(=O)c4ccc5cc(Cl)ccc5c4)CC3C(=O)N3CC[S+]([O-])CC3)CC2)ccn1.Cl. The van der Waals surface area contributed by atoms with Gasteiger partial charge in [-0.05, 0) is 66.9 Å². The minimum Gasteiger partial charge on any atom is -0.616 e. The van der Waals surface area contributed by atoms with Crippen LogP contribution in [0.15, 0.2) is 59.6 Å². The molecule has 0 spiro atoms. The zero-order valence-corrected chi connectivity index (χ0v) is 29.0. The molecule has 1 aromatic heterocycles. The molecular weight excluding hydrogens is 671 g/mol. The molecular formula is C31H38Cl2N6O5S2. The van der Waals surface area contributed by atoms with Gasteiger partial charge in [-0.1, -0.05) is 34.9 Å². The first-order valence-electron chi connectivity index (χ1n) is 15.1. The summed E-state index contributed by atoms with van der Waals surface area (Å²) in [5, 5.41) is 5.38. The average molecular weight is 710 g/mol. The number of piperazine rings is 1. The minimum atomic E-state index is -4.11. The standard InChI is InChI=1S/C31H37ClN6O5S2.ClH/c1-22-17-27(7-10-33-22)35-11-8-26(9-12-35)34(2)38-29(31(40)36-13-15-44(41)16-14-36)20-37(21-30(38)39)45(42,43)28-6-4-23-18-25(32)5-3-24(23)19-28;/h3-7,10,17-19,26,29H,8-9,11-16,20-21H2,1-2H3;1H. The van der Waals surface area contributed by atoms with E-state index < -0.39 is 33.1 Å². The Balaban J connectivity index is 0.00000417. The number of pyridine rings is 1. The maximum Gasteiger partial charge on any atom is 0.252 e. The number of amides is 2. The predicted octanol–water partition coefficient (Wildman–Crippen LogP) is 2.93. The van der Waals surface area contributed by atoms with Gasteiger partial charge in [0.25, 0.3) is 5.91 Å². The fourth-order valence-electron chi connectivity index (χ4n) is 6.47. The summed E-state index contributed by atoms with van der Waals surface area (Å²) in [4.78, 5) is 36.2. The minimum absolute atomic E-state index is 0. The molecule has 0 N–H and O–H groups in total. The number of benzene rings is 2. The number of aromatic nitrogens is 1. The highest BCUT2D eigenvalue weighted by Gasteiger charge is 2.46. The molecule has 0 radical (unpaired) electrons. The second-order valence-electron chi connectivity index (χ2n) is 11.8. The molecule has 0 aliphatic carbocycles. The highest BCUT2D eigenvalue weighted by Crippen LogP contribution is 2.29. The summed E-state index contributed by atoms with van der Waals surface area (Å²) in [5.74, 6) is -0.0629. The molecule has 248 valence electrons. The van der Waals surface area contributed by atoms with Gasteiger partial charge >= 0.3 is 0 Å². The summed E-state index contributed by atoms with van der Waals surface area (Å²) < 4.78 is 41.0. The third kappa shape index (κ3) is 7.10. The Hall–Kier alpha value is -2.65. The fraction of sp³-hybridized carbons (Fsp3) is 0.452. The van der Waals surface area contributed by atoms with Crippen LogP contribution in [0.3, 0.4) is 0 Å². The van der Waals surface area contributed by atoms with Crippen molar-refractivity contribution in [3.63, 3.8) is 0 Å². The molecule has 3 aliphatic heterocycles. The summed E-state index contributed by atoms with van der Waals surface area (Å²) in [5.41, 5.74) is 2.05. The number of hydrogen-bond acceptors (Lipinski definition) is 8. The molecule has 1 atom stereocenters. The lowest BCUT2D eigenvalue weighted by Gasteiger charge is -2.49. The molecule has 3 aromatic rings. The highest BCUT2D eigenvalue weighted by atomic mass is 35.5. The van der Waals surface area contributed by atoms with E-state index in [9.17, 15) is 22.6 Å². The first-order chi connectivity index (χ1) is 21.5. The molecule has 0 saturated carbocycles. The van der Waals surface area contributed by atoms with Crippen LogP contribution >= 0.6 is 24.0 Å². The number of carbonyl (C=O) groups excluding carboxylic acids is 2. The number of carbonyl (C=O) groups is 2. The molecule has 4 heterocycles. The fourth-order valence-corrected chi connectivity index (χ4v) is 9.13. The maximum atomic E-state index is 14.0. The van der Waals surface area contributed by atoms with Crippen LogP contribution in [0.2, 0.25) is 5.02 Å². The summed E-state index contributed by atoms with van der Waals surface area (Å²) >= 11 is 5.11. The van der Waals surface area contributed by atoms with Gasteiger partial charge in [-0.15, -0.1) is 12.4 Å². The normalized spacial score (nSPS) is 20.8. The van der Waals surface area contributed by atoms with Crippen molar-refractivity contribution in [2.24, 2.45) is 0 Å². The molecule has 2 aromatic carbocycles. The Morgan fingerprint density at radius 1 is 1.02 bits per heavy atom. The molecule has 11 nitrogen and oxygen atoms in total. The van der Waals surface area contributed by atoms with Crippen molar-refractivity contribution in [3.8, 4) is 0 Å². The lowest BCUT2D eigenvalue weighted by Crippen LogP contribution is -2.68. The Morgan fingerprint density at radius 3 is 2.39 bits per heavy atom. The van der Waals surface area contributed by atoms with E-state index in [0.717, 1.165) is 47.0 Å². The van der Waals surface area contributed by atoms with Crippen molar-refractivity contribution in [2.45, 2.75) is 36.7 Å². The van der Waals surface area contributed by atoms with E-state index in [0.29, 0.717) is 35.0 Å². The van der Waals surface area contributed by atoms with Gasteiger partial charge in [-0.3, -0.25) is 19.6 Å². The number of piperidine rings is 1. The summed E-state index contributed by atoms with van der Waals surface area (Å²) in [6, 6.07) is 13.0. The van der Waals surface area contributed by atoms with Crippen LogP contribution in [0.1, 0.15) is 18.5 Å². The average Bonchev–Trinajstić information content (AvgIpc) is 3.04. The first kappa shape index (κ1) is 34.7. The van der Waals surface area contributed by atoms with E-state index in [-0.39, 0.29) is 42.3 Å². The van der Waals surface area contributed by atoms with E-state index in [1.807, 2.05) is 25.0 Å². The van der Waals surface area contributed by atoms with E-state index in [1.54, 1.807) is 41.4 Å². The van der Waals surface area contributed by atoms with Crippen LogP contribution in [0.4, 0.5) is 5.69 Å². The number of rotatable bonds is 6. The molecule has 1 unspecified atom stereocenters. The van der Waals surface area contributed by atoms with Gasteiger partial charge in [0.05, 0.1) is 24.5 Å². The molecule has 3 saturated heterocycles. The van der Waals surface area contributed by atoms with Crippen LogP contribution in [-0.4, -0.2) is 119 Å². The number of fused-ring (bicyclic) bond motifs is 1. The van der Waals surface area contributed by atoms with Gasteiger partial charge in [0.15, 0.2) is 0 Å². The molecule has 0 bridgehead atoms. The number of anilines is 1. The molecule has 15 heteroatoms. The quantitative estimate of drug-likeness (QED) is 0.359. The number of hydrazine groups is 1. The zero-order valence-electron chi connectivity index (χ0n) is 25.7. The Bertz CT molecular complexity index is 1700. The van der Waals surface area contributed by atoms with Crippen molar-refractivity contribution in [2.75, 3.05) is 62.7 Å². The van der Waals surface area contributed by atoms with E-state index >= 15 is 0 Å². The van der Waals surface area contributed by atoms with Gasteiger partial charge in [-0.25, -0.2) is 13.4 Å². The van der Waals surface area contributed by atoms with Crippen LogP contribution < -0.4 is 4.90 Å². The highest BCUT2D eigenvalue weighted by molar-refractivity contribution is 7.91. The summed E-state index contributed by atoms with van der Waals surface area (Å²) in [6.07, 6.45) is 3.32. The Kier molecular flexibility index (Phi) is 10.7. The molecule has 3 aliphatic rings. The number of nitrogens with zero attached hydrogens (tertiary/aromatic N) is 6. The third-order valence-corrected chi connectivity index (χ3v) is 12.3. The van der Waals surface area contributed by atoms with Crippen LogP contribution in [-0.2, 0) is 30.8 Å².